The molecule has 4 nitrogen and oxygen atoms in total. The van der Waals surface area contributed by atoms with E-state index in [0.717, 1.165) is 24.1 Å². The molecule has 1 aromatic rings. The van der Waals surface area contributed by atoms with E-state index in [2.05, 4.69) is 4.98 Å². The van der Waals surface area contributed by atoms with Gasteiger partial charge < -0.3 is 9.69 Å². The molecule has 0 bridgehead atoms. The van der Waals surface area contributed by atoms with Crippen molar-refractivity contribution in [1.82, 2.24) is 9.88 Å². The number of aldehydes is 1. The Labute approximate surface area is 103 Å². The summed E-state index contributed by atoms with van der Waals surface area (Å²) in [5, 5.41) is 8.55. The fourth-order valence-corrected chi connectivity index (χ4v) is 2.55. The molecule has 2 rings (SSSR count). The molecule has 0 radical (unpaired) electrons. The second kappa shape index (κ2) is 4.84. The first kappa shape index (κ1) is 11.4. The zero-order valence-corrected chi connectivity index (χ0v) is 9.96. The van der Waals surface area contributed by atoms with E-state index in [1.165, 1.54) is 11.8 Å². The summed E-state index contributed by atoms with van der Waals surface area (Å²) in [4.78, 5) is 16.8. The average Bonchev–Trinajstić information content (AvgIpc) is 2.69. The van der Waals surface area contributed by atoms with Gasteiger partial charge in [0.2, 0.25) is 0 Å². The Morgan fingerprint density at radius 2 is 2.44 bits per heavy atom. The number of carbonyl (C=O) groups excluding carboxylic acids is 1. The number of hydrogen-bond acceptors (Lipinski definition) is 4. The van der Waals surface area contributed by atoms with E-state index in [0.29, 0.717) is 10.3 Å². The quantitative estimate of drug-likeness (QED) is 0.663. The second-order valence-corrected chi connectivity index (χ2v) is 4.81. The normalized spacial score (nSPS) is 17.6. The molecule has 16 heavy (non-hydrogen) atoms. The maximum absolute atomic E-state index is 11.1. The summed E-state index contributed by atoms with van der Waals surface area (Å²) in [6.07, 6.45) is 2.42. The molecule has 1 N–H and O–H groups in total. The molecule has 1 atom stereocenters. The molecular formula is C10H10ClN3OS. The van der Waals surface area contributed by atoms with Crippen LogP contribution in [0.15, 0.2) is 18.3 Å². The minimum Gasteiger partial charge on any atom is -0.337 e. The molecule has 1 aromatic heterocycles. The zero-order valence-electron chi connectivity index (χ0n) is 8.39. The van der Waals surface area contributed by atoms with E-state index in [1.54, 1.807) is 23.2 Å². The van der Waals surface area contributed by atoms with Gasteiger partial charge in [0.05, 0.1) is 0 Å². The second-order valence-electron chi connectivity index (χ2n) is 3.34. The standard InChI is InChI=1S/C10H10ClN3OS/c11-9-2-1-7(5-13-9)8(6-15)14-3-4-16-10(14)12/h1-2,5-6,8,12H,3-4H2. The molecule has 0 saturated carbocycles. The fraction of sp³-hybridized carbons (Fsp3) is 0.300. The van der Waals surface area contributed by atoms with Crippen molar-refractivity contribution in [3.8, 4) is 0 Å². The summed E-state index contributed by atoms with van der Waals surface area (Å²) in [5.74, 6) is 0.851. The third kappa shape index (κ3) is 2.20. The Balaban J connectivity index is 2.25. The number of thioether (sulfide) groups is 1. The summed E-state index contributed by atoms with van der Waals surface area (Å²) in [6.45, 7) is 0.718. The fourth-order valence-electron chi connectivity index (χ4n) is 1.58. The van der Waals surface area contributed by atoms with Gasteiger partial charge in [-0.15, -0.1) is 0 Å². The first-order chi connectivity index (χ1) is 7.72. The van der Waals surface area contributed by atoms with Gasteiger partial charge in [-0.05, 0) is 6.07 Å². The van der Waals surface area contributed by atoms with Crippen molar-refractivity contribution in [2.45, 2.75) is 6.04 Å². The van der Waals surface area contributed by atoms with Crippen molar-refractivity contribution in [3.63, 3.8) is 0 Å². The first-order valence-electron chi connectivity index (χ1n) is 4.77. The number of pyridine rings is 1. The molecular weight excluding hydrogens is 246 g/mol. The van der Waals surface area contributed by atoms with Crippen LogP contribution >= 0.6 is 23.4 Å². The van der Waals surface area contributed by atoms with E-state index in [1.807, 2.05) is 0 Å². The molecule has 1 aliphatic heterocycles. The number of carbonyl (C=O) groups is 1. The topological polar surface area (TPSA) is 57.1 Å². The number of amidine groups is 1. The zero-order chi connectivity index (χ0) is 11.5. The summed E-state index contributed by atoms with van der Waals surface area (Å²) in [7, 11) is 0. The maximum Gasteiger partial charge on any atom is 0.157 e. The Kier molecular flexibility index (Phi) is 3.46. The lowest BCUT2D eigenvalue weighted by Gasteiger charge is -2.23. The Morgan fingerprint density at radius 1 is 1.62 bits per heavy atom. The highest BCUT2D eigenvalue weighted by Gasteiger charge is 2.27. The van der Waals surface area contributed by atoms with Gasteiger partial charge in [-0.1, -0.05) is 29.4 Å². The number of aromatic nitrogens is 1. The van der Waals surface area contributed by atoms with Crippen molar-refractivity contribution in [1.29, 1.82) is 5.41 Å². The highest BCUT2D eigenvalue weighted by molar-refractivity contribution is 8.14. The van der Waals surface area contributed by atoms with E-state index >= 15 is 0 Å². The van der Waals surface area contributed by atoms with Crippen molar-refractivity contribution in [2.24, 2.45) is 0 Å². The lowest BCUT2D eigenvalue weighted by Crippen LogP contribution is -2.30. The van der Waals surface area contributed by atoms with Crippen LogP contribution in [0.25, 0.3) is 0 Å². The van der Waals surface area contributed by atoms with Crippen molar-refractivity contribution in [2.75, 3.05) is 12.3 Å². The molecule has 1 unspecified atom stereocenters. The van der Waals surface area contributed by atoms with Gasteiger partial charge in [-0.3, -0.25) is 5.41 Å². The van der Waals surface area contributed by atoms with Gasteiger partial charge >= 0.3 is 0 Å². The molecule has 1 saturated heterocycles. The van der Waals surface area contributed by atoms with E-state index in [4.69, 9.17) is 17.0 Å². The largest absolute Gasteiger partial charge is 0.337 e. The number of nitrogens with one attached hydrogen (secondary N) is 1. The molecule has 84 valence electrons. The van der Waals surface area contributed by atoms with Gasteiger partial charge in [0, 0.05) is 24.1 Å². The monoisotopic (exact) mass is 255 g/mol. The average molecular weight is 256 g/mol. The SMILES string of the molecule is N=C1SCCN1C(C=O)c1ccc(Cl)nc1. The molecule has 0 aromatic carbocycles. The number of halogens is 1. The number of hydrogen-bond donors (Lipinski definition) is 1. The Hall–Kier alpha value is -1.07. The molecule has 1 fully saturated rings. The molecule has 2 heterocycles. The lowest BCUT2D eigenvalue weighted by atomic mass is 10.1. The van der Waals surface area contributed by atoms with Gasteiger partial charge in [0.1, 0.15) is 17.5 Å². The van der Waals surface area contributed by atoms with Crippen LogP contribution in [-0.4, -0.2) is 33.6 Å². The van der Waals surface area contributed by atoms with Crippen LogP contribution in [0.4, 0.5) is 0 Å². The van der Waals surface area contributed by atoms with Gasteiger partial charge in [-0.2, -0.15) is 0 Å². The van der Waals surface area contributed by atoms with Crippen LogP contribution in [0, 0.1) is 5.41 Å². The predicted molar refractivity (Wildman–Crippen MR) is 64.9 cm³/mol. The van der Waals surface area contributed by atoms with Crippen molar-refractivity contribution >= 4 is 34.8 Å². The maximum atomic E-state index is 11.1. The van der Waals surface area contributed by atoms with Crippen LogP contribution in [-0.2, 0) is 4.79 Å². The van der Waals surface area contributed by atoms with Crippen LogP contribution < -0.4 is 0 Å². The predicted octanol–water partition coefficient (Wildman–Crippen LogP) is 1.96. The molecule has 0 amide bonds. The summed E-state index contributed by atoms with van der Waals surface area (Å²) in [6, 6.07) is 3.00. The van der Waals surface area contributed by atoms with E-state index in [-0.39, 0.29) is 0 Å². The van der Waals surface area contributed by atoms with E-state index < -0.39 is 6.04 Å². The van der Waals surface area contributed by atoms with Crippen LogP contribution in [0.1, 0.15) is 11.6 Å². The summed E-state index contributed by atoms with van der Waals surface area (Å²) in [5.41, 5.74) is 0.770. The van der Waals surface area contributed by atoms with Gasteiger partial charge in [-0.25, -0.2) is 4.98 Å². The van der Waals surface area contributed by atoms with Crippen LogP contribution in [0.2, 0.25) is 5.15 Å². The molecule has 6 heteroatoms. The third-order valence-corrected chi connectivity index (χ3v) is 3.51. The summed E-state index contributed by atoms with van der Waals surface area (Å²) < 4.78 is 0. The highest BCUT2D eigenvalue weighted by atomic mass is 35.5. The van der Waals surface area contributed by atoms with Crippen LogP contribution in [0.3, 0.4) is 0 Å². The number of rotatable bonds is 3. The van der Waals surface area contributed by atoms with Gasteiger partial charge in [0.25, 0.3) is 0 Å². The lowest BCUT2D eigenvalue weighted by molar-refractivity contribution is -0.111. The minimum atomic E-state index is -0.424. The first-order valence-corrected chi connectivity index (χ1v) is 6.13. The Morgan fingerprint density at radius 3 is 2.94 bits per heavy atom. The van der Waals surface area contributed by atoms with Crippen molar-refractivity contribution in [3.05, 3.63) is 29.0 Å². The smallest absolute Gasteiger partial charge is 0.157 e. The molecule has 0 aliphatic carbocycles. The van der Waals surface area contributed by atoms with E-state index in [9.17, 15) is 4.79 Å². The van der Waals surface area contributed by atoms with Crippen LogP contribution in [0.5, 0.6) is 0 Å². The third-order valence-electron chi connectivity index (χ3n) is 2.39. The van der Waals surface area contributed by atoms with Gasteiger partial charge in [0.15, 0.2) is 5.17 Å². The number of nitrogens with zero attached hydrogens (tertiary/aromatic N) is 2. The minimum absolute atomic E-state index is 0.402. The highest BCUT2D eigenvalue weighted by Crippen LogP contribution is 2.27. The Bertz CT molecular complexity index is 409. The van der Waals surface area contributed by atoms with Crippen molar-refractivity contribution < 1.29 is 4.79 Å². The molecule has 0 spiro atoms. The summed E-state index contributed by atoms with van der Waals surface area (Å²) >= 11 is 7.14. The molecule has 1 aliphatic rings.